The highest BCUT2D eigenvalue weighted by Crippen LogP contribution is 2.29. The van der Waals surface area contributed by atoms with Gasteiger partial charge in [0.25, 0.3) is 0 Å². The number of carboxylic acids is 1. The molecular weight excluding hydrogens is 204 g/mol. The first-order valence-electron chi connectivity index (χ1n) is 5.52. The monoisotopic (exact) mass is 220 g/mol. The summed E-state index contributed by atoms with van der Waals surface area (Å²) >= 11 is 0. The molecule has 1 aromatic heterocycles. The Kier molecular flexibility index (Phi) is 3.19. The minimum Gasteiger partial charge on any atom is -0.478 e. The van der Waals surface area contributed by atoms with E-state index in [-0.39, 0.29) is 5.56 Å². The van der Waals surface area contributed by atoms with Crippen molar-refractivity contribution in [3.05, 3.63) is 29.6 Å². The molecule has 1 N–H and O–H groups in total. The van der Waals surface area contributed by atoms with E-state index in [2.05, 4.69) is 16.9 Å². The van der Waals surface area contributed by atoms with Crippen molar-refractivity contribution < 1.29 is 9.90 Å². The molecule has 16 heavy (non-hydrogen) atoms. The van der Waals surface area contributed by atoms with E-state index >= 15 is 0 Å². The highest BCUT2D eigenvalue weighted by Gasteiger charge is 2.22. The van der Waals surface area contributed by atoms with Crippen LogP contribution in [0.15, 0.2) is 18.3 Å². The summed E-state index contributed by atoms with van der Waals surface area (Å²) in [5.41, 5.74) is 1.17. The second-order valence-corrected chi connectivity index (χ2v) is 4.48. The molecule has 1 aromatic rings. The minimum absolute atomic E-state index is 0.244. The van der Waals surface area contributed by atoms with Crippen molar-refractivity contribution in [3.63, 3.8) is 0 Å². The summed E-state index contributed by atoms with van der Waals surface area (Å²) in [6, 6.07) is 3.39. The van der Waals surface area contributed by atoms with Crippen LogP contribution in [0.4, 0.5) is 0 Å². The number of hydrogen-bond acceptors (Lipinski definition) is 3. The second kappa shape index (κ2) is 4.61. The fourth-order valence-electron chi connectivity index (χ4n) is 1.73. The van der Waals surface area contributed by atoms with Crippen molar-refractivity contribution in [3.8, 4) is 0 Å². The Bertz CT molecular complexity index is 371. The maximum absolute atomic E-state index is 10.6. The Morgan fingerprint density at radius 3 is 2.81 bits per heavy atom. The van der Waals surface area contributed by atoms with Crippen LogP contribution in [0.5, 0.6) is 0 Å². The van der Waals surface area contributed by atoms with Crippen LogP contribution in [-0.4, -0.2) is 34.6 Å². The van der Waals surface area contributed by atoms with E-state index in [4.69, 9.17) is 5.11 Å². The van der Waals surface area contributed by atoms with Crippen molar-refractivity contribution in [1.29, 1.82) is 0 Å². The maximum Gasteiger partial charge on any atom is 0.337 e. The van der Waals surface area contributed by atoms with Gasteiger partial charge in [-0.25, -0.2) is 4.79 Å². The van der Waals surface area contributed by atoms with Crippen LogP contribution in [0.2, 0.25) is 0 Å². The third-order valence-electron chi connectivity index (χ3n) is 2.77. The van der Waals surface area contributed by atoms with Gasteiger partial charge in [-0.15, -0.1) is 0 Å². The normalized spacial score (nSPS) is 15.4. The Morgan fingerprint density at radius 2 is 2.31 bits per heavy atom. The van der Waals surface area contributed by atoms with Gasteiger partial charge in [0.15, 0.2) is 0 Å². The van der Waals surface area contributed by atoms with Crippen molar-refractivity contribution in [2.24, 2.45) is 5.92 Å². The Morgan fingerprint density at radius 1 is 1.56 bits per heavy atom. The van der Waals surface area contributed by atoms with Gasteiger partial charge >= 0.3 is 5.97 Å². The van der Waals surface area contributed by atoms with Crippen LogP contribution in [0.25, 0.3) is 0 Å². The Hall–Kier alpha value is -1.42. The van der Waals surface area contributed by atoms with E-state index in [0.717, 1.165) is 24.7 Å². The summed E-state index contributed by atoms with van der Waals surface area (Å²) in [7, 11) is 2.07. The molecule has 1 fully saturated rings. The Balaban J connectivity index is 1.90. The van der Waals surface area contributed by atoms with Crippen LogP contribution in [0.1, 0.15) is 28.9 Å². The molecule has 0 radical (unpaired) electrons. The highest BCUT2D eigenvalue weighted by atomic mass is 16.4. The smallest absolute Gasteiger partial charge is 0.337 e. The number of hydrogen-bond donors (Lipinski definition) is 1. The van der Waals surface area contributed by atoms with Gasteiger partial charge < -0.3 is 10.0 Å². The number of rotatable bonds is 5. The van der Waals surface area contributed by atoms with Crippen LogP contribution < -0.4 is 0 Å². The standard InChI is InChI=1S/C12H16N2O2/c1-14(7-9-2-3-9)8-11-5-4-10(6-13-11)12(15)16/h4-6,9H,2-3,7-8H2,1H3,(H,15,16). The largest absolute Gasteiger partial charge is 0.478 e. The van der Waals surface area contributed by atoms with Crippen molar-refractivity contribution in [2.75, 3.05) is 13.6 Å². The molecule has 0 unspecified atom stereocenters. The number of carboxylic acid groups (broad SMARTS) is 1. The molecule has 1 heterocycles. The van der Waals surface area contributed by atoms with Gasteiger partial charge in [0, 0.05) is 19.3 Å². The Labute approximate surface area is 94.9 Å². The highest BCUT2D eigenvalue weighted by molar-refractivity contribution is 5.87. The molecule has 86 valence electrons. The number of pyridine rings is 1. The molecule has 1 saturated carbocycles. The third-order valence-corrected chi connectivity index (χ3v) is 2.77. The molecule has 4 nitrogen and oxygen atoms in total. The fourth-order valence-corrected chi connectivity index (χ4v) is 1.73. The molecule has 1 aliphatic rings. The number of carbonyl (C=O) groups is 1. The molecule has 0 amide bonds. The summed E-state index contributed by atoms with van der Waals surface area (Å²) < 4.78 is 0. The first-order valence-corrected chi connectivity index (χ1v) is 5.52. The zero-order valence-electron chi connectivity index (χ0n) is 9.39. The summed E-state index contributed by atoms with van der Waals surface area (Å²) in [4.78, 5) is 17.0. The van der Waals surface area contributed by atoms with Crippen molar-refractivity contribution in [2.45, 2.75) is 19.4 Å². The lowest BCUT2D eigenvalue weighted by atomic mass is 10.2. The summed E-state index contributed by atoms with van der Waals surface area (Å²) in [6.45, 7) is 1.90. The van der Waals surface area contributed by atoms with Gasteiger partial charge in [-0.2, -0.15) is 0 Å². The average molecular weight is 220 g/mol. The number of aromatic nitrogens is 1. The van der Waals surface area contributed by atoms with E-state index in [1.165, 1.54) is 19.0 Å². The third kappa shape index (κ3) is 3.03. The molecule has 0 spiro atoms. The topological polar surface area (TPSA) is 53.4 Å². The lowest BCUT2D eigenvalue weighted by Crippen LogP contribution is -2.21. The summed E-state index contributed by atoms with van der Waals surface area (Å²) in [5.74, 6) is -0.0614. The van der Waals surface area contributed by atoms with E-state index in [9.17, 15) is 4.79 Å². The van der Waals surface area contributed by atoms with E-state index < -0.39 is 5.97 Å². The van der Waals surface area contributed by atoms with Crippen molar-refractivity contribution in [1.82, 2.24) is 9.88 Å². The molecule has 1 aliphatic carbocycles. The zero-order valence-corrected chi connectivity index (χ0v) is 9.39. The van der Waals surface area contributed by atoms with E-state index in [1.807, 2.05) is 0 Å². The van der Waals surface area contributed by atoms with Crippen LogP contribution >= 0.6 is 0 Å². The van der Waals surface area contributed by atoms with E-state index in [1.54, 1.807) is 12.1 Å². The molecule has 0 atom stereocenters. The number of nitrogens with zero attached hydrogens (tertiary/aromatic N) is 2. The zero-order chi connectivity index (χ0) is 11.5. The van der Waals surface area contributed by atoms with Crippen LogP contribution in [0, 0.1) is 5.92 Å². The second-order valence-electron chi connectivity index (χ2n) is 4.48. The predicted molar refractivity (Wildman–Crippen MR) is 60.3 cm³/mol. The first kappa shape index (κ1) is 11.1. The maximum atomic E-state index is 10.6. The number of aromatic carboxylic acids is 1. The predicted octanol–water partition coefficient (Wildman–Crippen LogP) is 1.62. The first-order chi connectivity index (χ1) is 7.65. The molecule has 0 bridgehead atoms. The SMILES string of the molecule is CN(Cc1ccc(C(=O)O)cn1)CC1CC1. The average Bonchev–Trinajstić information content (AvgIpc) is 3.02. The molecule has 2 rings (SSSR count). The fraction of sp³-hybridized carbons (Fsp3) is 0.500. The molecule has 0 saturated heterocycles. The van der Waals surface area contributed by atoms with Gasteiger partial charge in [-0.05, 0) is 37.9 Å². The van der Waals surface area contributed by atoms with Crippen molar-refractivity contribution >= 4 is 5.97 Å². The lowest BCUT2D eigenvalue weighted by Gasteiger charge is -2.15. The van der Waals surface area contributed by atoms with Gasteiger partial charge in [0.1, 0.15) is 0 Å². The summed E-state index contributed by atoms with van der Waals surface area (Å²) in [6.07, 6.45) is 4.11. The molecule has 4 heteroatoms. The van der Waals surface area contributed by atoms with Gasteiger partial charge in [0.05, 0.1) is 11.3 Å². The van der Waals surface area contributed by atoms with Gasteiger partial charge in [-0.1, -0.05) is 0 Å². The molecular formula is C12H16N2O2. The summed E-state index contributed by atoms with van der Waals surface area (Å²) in [5, 5.41) is 8.73. The van der Waals surface area contributed by atoms with Crippen LogP contribution in [0.3, 0.4) is 0 Å². The molecule has 0 aromatic carbocycles. The quantitative estimate of drug-likeness (QED) is 0.819. The van der Waals surface area contributed by atoms with Crippen LogP contribution in [-0.2, 0) is 6.54 Å². The van der Waals surface area contributed by atoms with Gasteiger partial charge in [0.2, 0.25) is 0 Å². The van der Waals surface area contributed by atoms with Gasteiger partial charge in [-0.3, -0.25) is 4.98 Å². The van der Waals surface area contributed by atoms with E-state index in [0.29, 0.717) is 0 Å². The minimum atomic E-state index is -0.926. The lowest BCUT2D eigenvalue weighted by molar-refractivity contribution is 0.0696. The molecule has 0 aliphatic heterocycles.